The van der Waals surface area contributed by atoms with E-state index >= 15 is 0 Å². The fourth-order valence-corrected chi connectivity index (χ4v) is 2.88. The van der Waals surface area contributed by atoms with Gasteiger partial charge in [-0.2, -0.15) is 0 Å². The van der Waals surface area contributed by atoms with Gasteiger partial charge in [-0.25, -0.2) is 0 Å². The van der Waals surface area contributed by atoms with E-state index in [1.54, 1.807) is 0 Å². The van der Waals surface area contributed by atoms with Crippen LogP contribution in [0.25, 0.3) is 11.0 Å². The first-order chi connectivity index (χ1) is 8.57. The predicted molar refractivity (Wildman–Crippen MR) is 72.5 cm³/mol. The number of hydrogen-bond acceptors (Lipinski definition) is 2. The first kappa shape index (κ1) is 11.8. The molecule has 18 heavy (non-hydrogen) atoms. The maximum Gasteiger partial charge on any atom is 0.136 e. The molecule has 1 saturated carbocycles. The Morgan fingerprint density at radius 1 is 1.22 bits per heavy atom. The van der Waals surface area contributed by atoms with Crippen molar-refractivity contribution < 1.29 is 9.52 Å². The maximum absolute atomic E-state index is 10.7. The minimum Gasteiger partial charge on any atom is -0.458 e. The molecule has 0 spiro atoms. The average Bonchev–Trinajstić information content (AvgIpc) is 2.77. The lowest BCUT2D eigenvalue weighted by molar-refractivity contribution is -0.0289. The van der Waals surface area contributed by atoms with Gasteiger partial charge in [0.1, 0.15) is 16.9 Å². The zero-order valence-electron chi connectivity index (χ0n) is 11.1. The molecule has 2 heteroatoms. The van der Waals surface area contributed by atoms with Crippen LogP contribution < -0.4 is 0 Å². The van der Waals surface area contributed by atoms with E-state index in [0.29, 0.717) is 0 Å². The third-order valence-electron chi connectivity index (χ3n) is 4.23. The quantitative estimate of drug-likeness (QED) is 0.818. The van der Waals surface area contributed by atoms with Gasteiger partial charge in [0.25, 0.3) is 0 Å². The Labute approximate surface area is 108 Å². The fourth-order valence-electron chi connectivity index (χ4n) is 2.88. The van der Waals surface area contributed by atoms with Gasteiger partial charge in [0, 0.05) is 5.39 Å². The minimum absolute atomic E-state index is 0.719. The van der Waals surface area contributed by atoms with Crippen LogP contribution in [-0.4, -0.2) is 5.11 Å². The summed E-state index contributed by atoms with van der Waals surface area (Å²) < 4.78 is 5.85. The fraction of sp³-hybridized carbons (Fsp3) is 0.500. The van der Waals surface area contributed by atoms with E-state index in [2.05, 4.69) is 19.9 Å². The SMILES string of the molecule is Cc1ccc2oc(C3(O)CCC(C)CC3)cc2c1. The molecule has 1 aliphatic carbocycles. The average molecular weight is 244 g/mol. The summed E-state index contributed by atoms with van der Waals surface area (Å²) in [7, 11) is 0. The lowest BCUT2D eigenvalue weighted by atomic mass is 9.78. The third-order valence-corrected chi connectivity index (χ3v) is 4.23. The number of hydrogen-bond donors (Lipinski definition) is 1. The normalized spacial score (nSPS) is 28.7. The third kappa shape index (κ3) is 1.95. The molecule has 96 valence electrons. The van der Waals surface area contributed by atoms with Crippen LogP contribution in [0.5, 0.6) is 0 Å². The van der Waals surface area contributed by atoms with Crippen molar-refractivity contribution in [1.29, 1.82) is 0 Å². The zero-order valence-corrected chi connectivity index (χ0v) is 11.1. The maximum atomic E-state index is 10.7. The van der Waals surface area contributed by atoms with Gasteiger partial charge in [-0.1, -0.05) is 18.6 Å². The largest absolute Gasteiger partial charge is 0.458 e. The van der Waals surface area contributed by atoms with Crippen LogP contribution >= 0.6 is 0 Å². The second-order valence-electron chi connectivity index (χ2n) is 5.87. The van der Waals surface area contributed by atoms with Crippen molar-refractivity contribution in [2.45, 2.75) is 45.1 Å². The van der Waals surface area contributed by atoms with E-state index in [1.165, 1.54) is 5.56 Å². The summed E-state index contributed by atoms with van der Waals surface area (Å²) in [6.45, 7) is 4.32. The van der Waals surface area contributed by atoms with E-state index < -0.39 is 5.60 Å². The van der Waals surface area contributed by atoms with Crippen molar-refractivity contribution in [3.63, 3.8) is 0 Å². The molecule has 1 aliphatic rings. The highest BCUT2D eigenvalue weighted by molar-refractivity contribution is 5.78. The molecular weight excluding hydrogens is 224 g/mol. The summed E-state index contributed by atoms with van der Waals surface area (Å²) in [5.74, 6) is 1.46. The minimum atomic E-state index is -0.751. The Balaban J connectivity index is 1.98. The summed E-state index contributed by atoms with van der Waals surface area (Å²) in [4.78, 5) is 0. The van der Waals surface area contributed by atoms with E-state index in [1.807, 2.05) is 18.2 Å². The van der Waals surface area contributed by atoms with Crippen LogP contribution in [0.2, 0.25) is 0 Å². The first-order valence-corrected chi connectivity index (χ1v) is 6.80. The summed E-state index contributed by atoms with van der Waals surface area (Å²) in [6.07, 6.45) is 3.78. The Morgan fingerprint density at radius 2 is 1.94 bits per heavy atom. The molecule has 0 bridgehead atoms. The molecule has 0 atom stereocenters. The van der Waals surface area contributed by atoms with Crippen molar-refractivity contribution in [2.24, 2.45) is 5.92 Å². The molecule has 2 aromatic rings. The number of fused-ring (bicyclic) bond motifs is 1. The molecule has 1 aromatic carbocycles. The summed E-state index contributed by atoms with van der Waals surface area (Å²) in [5, 5.41) is 11.8. The van der Waals surface area contributed by atoms with Gasteiger partial charge in [-0.15, -0.1) is 0 Å². The van der Waals surface area contributed by atoms with Crippen LogP contribution in [-0.2, 0) is 5.60 Å². The Bertz CT molecular complexity index is 559. The highest BCUT2D eigenvalue weighted by Crippen LogP contribution is 2.41. The predicted octanol–water partition coefficient (Wildman–Crippen LogP) is 4.14. The second kappa shape index (κ2) is 4.13. The Morgan fingerprint density at radius 3 is 2.67 bits per heavy atom. The molecule has 1 fully saturated rings. The number of benzene rings is 1. The summed E-state index contributed by atoms with van der Waals surface area (Å²) >= 11 is 0. The van der Waals surface area contributed by atoms with Crippen LogP contribution in [0, 0.1) is 12.8 Å². The Kier molecular flexibility index (Phi) is 2.70. The van der Waals surface area contributed by atoms with E-state index in [0.717, 1.165) is 48.3 Å². The molecule has 1 aromatic heterocycles. The van der Waals surface area contributed by atoms with Gasteiger partial charge in [-0.3, -0.25) is 0 Å². The number of rotatable bonds is 1. The standard InChI is InChI=1S/C16H20O2/c1-11-5-7-16(17,8-6-11)15-10-13-9-12(2)3-4-14(13)18-15/h3-4,9-11,17H,5-8H2,1-2H3. The van der Waals surface area contributed by atoms with Crippen molar-refractivity contribution in [3.05, 3.63) is 35.6 Å². The second-order valence-corrected chi connectivity index (χ2v) is 5.87. The summed E-state index contributed by atoms with van der Waals surface area (Å²) in [6, 6.07) is 8.15. The molecular formula is C16H20O2. The zero-order chi connectivity index (χ0) is 12.8. The highest BCUT2D eigenvalue weighted by Gasteiger charge is 2.36. The number of aliphatic hydroxyl groups is 1. The van der Waals surface area contributed by atoms with Crippen molar-refractivity contribution >= 4 is 11.0 Å². The van der Waals surface area contributed by atoms with Crippen LogP contribution in [0.4, 0.5) is 0 Å². The van der Waals surface area contributed by atoms with Gasteiger partial charge < -0.3 is 9.52 Å². The molecule has 1 heterocycles. The number of furan rings is 1. The number of aryl methyl sites for hydroxylation is 1. The van der Waals surface area contributed by atoms with Crippen molar-refractivity contribution in [2.75, 3.05) is 0 Å². The van der Waals surface area contributed by atoms with Gasteiger partial charge >= 0.3 is 0 Å². The Hall–Kier alpha value is -1.28. The lowest BCUT2D eigenvalue weighted by Gasteiger charge is -2.33. The molecule has 3 rings (SSSR count). The van der Waals surface area contributed by atoms with Crippen molar-refractivity contribution in [1.82, 2.24) is 0 Å². The molecule has 0 radical (unpaired) electrons. The molecule has 0 saturated heterocycles. The van der Waals surface area contributed by atoms with Gasteiger partial charge in [0.15, 0.2) is 0 Å². The van der Waals surface area contributed by atoms with Gasteiger partial charge in [-0.05, 0) is 56.7 Å². The summed E-state index contributed by atoms with van der Waals surface area (Å²) in [5.41, 5.74) is 1.35. The molecule has 0 unspecified atom stereocenters. The molecule has 0 aliphatic heterocycles. The topological polar surface area (TPSA) is 33.4 Å². The van der Waals surface area contributed by atoms with E-state index in [9.17, 15) is 5.11 Å². The first-order valence-electron chi connectivity index (χ1n) is 6.80. The van der Waals surface area contributed by atoms with Crippen LogP contribution in [0.15, 0.2) is 28.7 Å². The molecule has 0 amide bonds. The van der Waals surface area contributed by atoms with Crippen molar-refractivity contribution in [3.8, 4) is 0 Å². The smallest absolute Gasteiger partial charge is 0.136 e. The molecule has 1 N–H and O–H groups in total. The van der Waals surface area contributed by atoms with Crippen LogP contribution in [0.1, 0.15) is 43.9 Å². The van der Waals surface area contributed by atoms with E-state index in [4.69, 9.17) is 4.42 Å². The molecule has 2 nitrogen and oxygen atoms in total. The lowest BCUT2D eigenvalue weighted by Crippen LogP contribution is -2.30. The van der Waals surface area contributed by atoms with Crippen LogP contribution in [0.3, 0.4) is 0 Å². The highest BCUT2D eigenvalue weighted by atomic mass is 16.4. The van der Waals surface area contributed by atoms with E-state index in [-0.39, 0.29) is 0 Å². The van der Waals surface area contributed by atoms with Gasteiger partial charge in [0.05, 0.1) is 0 Å². The van der Waals surface area contributed by atoms with Gasteiger partial charge in [0.2, 0.25) is 0 Å². The monoisotopic (exact) mass is 244 g/mol.